The predicted octanol–water partition coefficient (Wildman–Crippen LogP) is 1.88. The van der Waals surface area contributed by atoms with Gasteiger partial charge in [0, 0.05) is 29.9 Å². The number of nitrogens with zero attached hydrogens (tertiary/aromatic N) is 1. The van der Waals surface area contributed by atoms with Gasteiger partial charge < -0.3 is 21.1 Å². The quantitative estimate of drug-likeness (QED) is 0.763. The van der Waals surface area contributed by atoms with Crippen LogP contribution in [0.4, 0.5) is 5.69 Å². The number of carbonyl (C=O) groups is 1. The molecule has 0 aromatic heterocycles. The van der Waals surface area contributed by atoms with Crippen LogP contribution in [-0.4, -0.2) is 38.3 Å². The van der Waals surface area contributed by atoms with Gasteiger partial charge in [0.1, 0.15) is 0 Å². The third-order valence-electron chi connectivity index (χ3n) is 3.73. The SMILES string of the molecule is NCCCOC1CCN(c2ccc(C(N)=O)c(Br)c2)CC1. The fourth-order valence-electron chi connectivity index (χ4n) is 2.51. The fraction of sp³-hybridized carbons (Fsp3) is 0.533. The second kappa shape index (κ2) is 7.77. The molecule has 116 valence electrons. The first-order valence-corrected chi connectivity index (χ1v) is 8.07. The van der Waals surface area contributed by atoms with Crippen molar-refractivity contribution in [2.45, 2.75) is 25.4 Å². The van der Waals surface area contributed by atoms with Gasteiger partial charge in [-0.15, -0.1) is 0 Å². The van der Waals surface area contributed by atoms with E-state index < -0.39 is 5.91 Å². The third kappa shape index (κ3) is 4.43. The van der Waals surface area contributed by atoms with E-state index in [9.17, 15) is 4.79 Å². The second-order valence-electron chi connectivity index (χ2n) is 5.23. The molecule has 5 nitrogen and oxygen atoms in total. The highest BCUT2D eigenvalue weighted by Gasteiger charge is 2.20. The van der Waals surface area contributed by atoms with E-state index in [1.807, 2.05) is 12.1 Å². The molecule has 0 unspecified atom stereocenters. The lowest BCUT2D eigenvalue weighted by atomic mass is 10.1. The van der Waals surface area contributed by atoms with Crippen molar-refractivity contribution in [1.82, 2.24) is 0 Å². The first-order valence-electron chi connectivity index (χ1n) is 7.27. The topological polar surface area (TPSA) is 81.6 Å². The minimum Gasteiger partial charge on any atom is -0.378 e. The number of carbonyl (C=O) groups excluding carboxylic acids is 1. The minimum atomic E-state index is -0.416. The normalized spacial score (nSPS) is 16.2. The molecular formula is C15H22BrN3O2. The Balaban J connectivity index is 1.90. The number of benzene rings is 1. The van der Waals surface area contributed by atoms with Gasteiger partial charge in [-0.3, -0.25) is 4.79 Å². The molecule has 1 amide bonds. The fourth-order valence-corrected chi connectivity index (χ4v) is 3.08. The van der Waals surface area contributed by atoms with Gasteiger partial charge in [-0.2, -0.15) is 0 Å². The average molecular weight is 356 g/mol. The molecule has 1 aromatic carbocycles. The lowest BCUT2D eigenvalue weighted by molar-refractivity contribution is 0.0366. The number of piperidine rings is 1. The molecule has 21 heavy (non-hydrogen) atoms. The minimum absolute atomic E-state index is 0.334. The van der Waals surface area contributed by atoms with E-state index in [1.54, 1.807) is 6.07 Å². The Morgan fingerprint density at radius 2 is 2.10 bits per heavy atom. The molecule has 1 aliphatic rings. The van der Waals surface area contributed by atoms with Crippen molar-refractivity contribution in [2.24, 2.45) is 11.5 Å². The zero-order valence-electron chi connectivity index (χ0n) is 12.1. The summed E-state index contributed by atoms with van der Waals surface area (Å²) in [5.74, 6) is -0.416. The summed E-state index contributed by atoms with van der Waals surface area (Å²) in [5.41, 5.74) is 12.4. The lowest BCUT2D eigenvalue weighted by Crippen LogP contribution is -2.37. The largest absolute Gasteiger partial charge is 0.378 e. The van der Waals surface area contributed by atoms with Crippen LogP contribution in [0.2, 0.25) is 0 Å². The van der Waals surface area contributed by atoms with E-state index in [1.165, 1.54) is 0 Å². The summed E-state index contributed by atoms with van der Waals surface area (Å²) >= 11 is 3.40. The molecule has 1 aliphatic heterocycles. The van der Waals surface area contributed by atoms with Crippen LogP contribution in [0.5, 0.6) is 0 Å². The molecule has 6 heteroatoms. The van der Waals surface area contributed by atoms with Gasteiger partial charge in [0.2, 0.25) is 5.91 Å². The predicted molar refractivity (Wildman–Crippen MR) is 87.5 cm³/mol. The van der Waals surface area contributed by atoms with Crippen LogP contribution in [0.3, 0.4) is 0 Å². The van der Waals surface area contributed by atoms with Crippen LogP contribution in [0, 0.1) is 0 Å². The highest BCUT2D eigenvalue weighted by molar-refractivity contribution is 9.10. The van der Waals surface area contributed by atoms with Crippen molar-refractivity contribution < 1.29 is 9.53 Å². The smallest absolute Gasteiger partial charge is 0.249 e. The van der Waals surface area contributed by atoms with E-state index in [-0.39, 0.29) is 0 Å². The molecule has 0 bridgehead atoms. The number of hydrogen-bond donors (Lipinski definition) is 2. The highest BCUT2D eigenvalue weighted by Crippen LogP contribution is 2.26. The molecule has 1 fully saturated rings. The maximum Gasteiger partial charge on any atom is 0.249 e. The zero-order chi connectivity index (χ0) is 15.2. The zero-order valence-corrected chi connectivity index (χ0v) is 13.6. The molecule has 0 radical (unpaired) electrons. The molecule has 1 heterocycles. The van der Waals surface area contributed by atoms with Crippen LogP contribution >= 0.6 is 15.9 Å². The number of nitrogens with two attached hydrogens (primary N) is 2. The van der Waals surface area contributed by atoms with E-state index in [2.05, 4.69) is 20.8 Å². The van der Waals surface area contributed by atoms with Gasteiger partial charge in [0.25, 0.3) is 0 Å². The molecule has 2 rings (SSSR count). The van der Waals surface area contributed by atoms with Crippen LogP contribution < -0.4 is 16.4 Å². The summed E-state index contributed by atoms with van der Waals surface area (Å²) in [6.07, 6.45) is 3.28. The lowest BCUT2D eigenvalue weighted by Gasteiger charge is -2.33. The van der Waals surface area contributed by atoms with E-state index in [0.29, 0.717) is 18.2 Å². The molecule has 0 atom stereocenters. The molecule has 1 saturated heterocycles. The van der Waals surface area contributed by atoms with Gasteiger partial charge in [-0.25, -0.2) is 0 Å². The van der Waals surface area contributed by atoms with E-state index in [0.717, 1.165) is 49.1 Å². The number of halogens is 1. The summed E-state index contributed by atoms with van der Waals surface area (Å²) in [4.78, 5) is 13.5. The van der Waals surface area contributed by atoms with Crippen molar-refractivity contribution in [3.63, 3.8) is 0 Å². The number of amides is 1. The summed E-state index contributed by atoms with van der Waals surface area (Å²) in [6.45, 7) is 3.34. The summed E-state index contributed by atoms with van der Waals surface area (Å²) < 4.78 is 6.55. The molecular weight excluding hydrogens is 334 g/mol. The summed E-state index contributed by atoms with van der Waals surface area (Å²) in [7, 11) is 0. The van der Waals surface area contributed by atoms with Crippen molar-refractivity contribution in [2.75, 3.05) is 31.1 Å². The maximum atomic E-state index is 11.2. The monoisotopic (exact) mass is 355 g/mol. The van der Waals surface area contributed by atoms with Crippen LogP contribution in [0.1, 0.15) is 29.6 Å². The summed E-state index contributed by atoms with van der Waals surface area (Å²) in [6, 6.07) is 5.67. The standard InChI is InChI=1S/C15H22BrN3O2/c16-14-10-11(2-3-13(14)15(18)20)19-7-4-12(5-8-19)21-9-1-6-17/h2-3,10,12H,1,4-9,17H2,(H2,18,20). The van der Waals surface area contributed by atoms with Crippen molar-refractivity contribution in [3.8, 4) is 0 Å². The number of anilines is 1. The number of hydrogen-bond acceptors (Lipinski definition) is 4. The Hall–Kier alpha value is -1.11. The Morgan fingerprint density at radius 1 is 1.38 bits per heavy atom. The molecule has 0 aliphatic carbocycles. The average Bonchev–Trinajstić information content (AvgIpc) is 2.48. The van der Waals surface area contributed by atoms with Crippen molar-refractivity contribution in [3.05, 3.63) is 28.2 Å². The van der Waals surface area contributed by atoms with Gasteiger partial charge >= 0.3 is 0 Å². The number of rotatable bonds is 6. The number of ether oxygens (including phenoxy) is 1. The van der Waals surface area contributed by atoms with Crippen LogP contribution in [-0.2, 0) is 4.74 Å². The van der Waals surface area contributed by atoms with Crippen molar-refractivity contribution >= 4 is 27.5 Å². The van der Waals surface area contributed by atoms with Crippen molar-refractivity contribution in [1.29, 1.82) is 0 Å². The Morgan fingerprint density at radius 3 is 2.67 bits per heavy atom. The van der Waals surface area contributed by atoms with Crippen LogP contribution in [0.15, 0.2) is 22.7 Å². The van der Waals surface area contributed by atoms with Gasteiger partial charge in [-0.05, 0) is 59.9 Å². The highest BCUT2D eigenvalue weighted by atomic mass is 79.9. The molecule has 0 spiro atoms. The van der Waals surface area contributed by atoms with Gasteiger partial charge in [0.05, 0.1) is 11.7 Å². The van der Waals surface area contributed by atoms with Gasteiger partial charge in [0.15, 0.2) is 0 Å². The third-order valence-corrected chi connectivity index (χ3v) is 4.38. The van der Waals surface area contributed by atoms with E-state index in [4.69, 9.17) is 16.2 Å². The Kier molecular flexibility index (Phi) is 6.02. The molecule has 1 aromatic rings. The summed E-state index contributed by atoms with van der Waals surface area (Å²) in [5, 5.41) is 0. The number of primary amides is 1. The van der Waals surface area contributed by atoms with E-state index >= 15 is 0 Å². The Labute approximate surface area is 133 Å². The first kappa shape index (κ1) is 16.3. The first-order chi connectivity index (χ1) is 10.1. The molecule has 0 saturated carbocycles. The van der Waals surface area contributed by atoms with Gasteiger partial charge in [-0.1, -0.05) is 0 Å². The maximum absolute atomic E-state index is 11.2. The second-order valence-corrected chi connectivity index (χ2v) is 6.08. The molecule has 4 N–H and O–H groups in total. The van der Waals surface area contributed by atoms with Crippen LogP contribution in [0.25, 0.3) is 0 Å². The Bertz CT molecular complexity index is 488.